The SMILES string of the molecule is CC[C@@]12C=C[C@@H](c3ccc(Cl)cc3Cl)[C@H](c3ccc(Cl)cc3)[C@@H]1[C@@H](CO)NC2=O.CC[C@@]12C=C[C@@H](c3ccc(Cl)cc3Cl)[C@H](c3ccc(Cl)cc3)[C@@H]1[C@@H](COCCOC)NC2=O.COCCBr.O=C1N[C@H](COCc2ccccc2)[C@H]2[C@@H](c3ccc(Cl)cc3)[C@H](c3ccc(Cl)cc3Cl)C=C[C@@H]12.[H-].[Na+]. The number of carbonyl (C=O) groups is 3. The molecule has 0 aromatic heterocycles. The second kappa shape index (κ2) is 38.2. The zero-order chi connectivity index (χ0) is 72.1. The fraction of sp³-hybridized carbons (Fsp3) is 0.362. The van der Waals surface area contributed by atoms with E-state index < -0.39 is 10.8 Å². The second-order valence-electron chi connectivity index (χ2n) is 26.1. The number of methoxy groups -OCH3 is 2. The van der Waals surface area contributed by atoms with Gasteiger partial charge in [0.2, 0.25) is 17.7 Å². The van der Waals surface area contributed by atoms with Gasteiger partial charge in [0.15, 0.2) is 0 Å². The monoisotopic (exact) mass is 1630 g/mol. The van der Waals surface area contributed by atoms with E-state index >= 15 is 0 Å². The molecule has 102 heavy (non-hydrogen) atoms. The molecule has 3 aliphatic heterocycles. The van der Waals surface area contributed by atoms with Crippen LogP contribution < -0.4 is 45.5 Å². The van der Waals surface area contributed by atoms with Gasteiger partial charge in [-0.05, 0) is 125 Å². The molecular formula is C80H82BrCl9N3NaO8. The molecule has 13 rings (SSSR count). The second-order valence-corrected chi connectivity index (χ2v) is 30.7. The van der Waals surface area contributed by atoms with E-state index in [2.05, 4.69) is 80.0 Å². The Morgan fingerprint density at radius 2 is 0.863 bits per heavy atom. The molecule has 6 aliphatic rings. The molecular weight excluding hydrogens is 1550 g/mol. The van der Waals surface area contributed by atoms with Gasteiger partial charge >= 0.3 is 29.6 Å². The summed E-state index contributed by atoms with van der Waals surface area (Å²) in [4.78, 5) is 39.3. The predicted octanol–water partition coefficient (Wildman–Crippen LogP) is 17.0. The minimum Gasteiger partial charge on any atom is -1.00 e. The molecule has 3 amide bonds. The molecule has 3 fully saturated rings. The Bertz CT molecular complexity index is 4070. The number of fused-ring (bicyclic) bond motifs is 3. The minimum atomic E-state index is -0.660. The van der Waals surface area contributed by atoms with Crippen molar-refractivity contribution >= 4 is 138 Å². The van der Waals surface area contributed by atoms with Gasteiger partial charge in [0, 0.05) is 118 Å². The molecule has 7 aromatic carbocycles. The van der Waals surface area contributed by atoms with Crippen molar-refractivity contribution < 1.29 is 69.4 Å². The fourth-order valence-electron chi connectivity index (χ4n) is 16.0. The van der Waals surface area contributed by atoms with Crippen LogP contribution in [0.4, 0.5) is 0 Å². The van der Waals surface area contributed by atoms with Crippen molar-refractivity contribution in [3.8, 4) is 0 Å². The number of halogens is 10. The molecule has 0 bridgehead atoms. The average Bonchev–Trinajstić information content (AvgIpc) is 1.62. The molecule has 3 aliphatic carbocycles. The number of amides is 3. The number of carbonyl (C=O) groups excluding carboxylic acids is 3. The number of ether oxygens (including phenoxy) is 4. The van der Waals surface area contributed by atoms with E-state index in [1.165, 1.54) is 0 Å². The molecule has 4 N–H and O–H groups in total. The maximum absolute atomic E-state index is 13.3. The molecule has 0 radical (unpaired) electrons. The van der Waals surface area contributed by atoms with E-state index in [0.29, 0.717) is 91.1 Å². The first-order valence-corrected chi connectivity index (χ1v) is 38.2. The van der Waals surface area contributed by atoms with Crippen molar-refractivity contribution in [2.75, 3.05) is 59.2 Å². The number of rotatable bonds is 20. The number of alkyl halides is 1. The Balaban J connectivity index is 0.000000188. The summed E-state index contributed by atoms with van der Waals surface area (Å²) in [6.07, 6.45) is 13.8. The Morgan fingerprint density at radius 3 is 1.27 bits per heavy atom. The zero-order valence-electron chi connectivity index (χ0n) is 58.1. The third-order valence-corrected chi connectivity index (χ3v) is 23.4. The van der Waals surface area contributed by atoms with Crippen LogP contribution in [0.5, 0.6) is 0 Å². The van der Waals surface area contributed by atoms with Crippen LogP contribution in [0.3, 0.4) is 0 Å². The van der Waals surface area contributed by atoms with Crippen molar-refractivity contribution in [3.05, 3.63) is 278 Å². The molecule has 7 aromatic rings. The number of benzene rings is 7. The summed E-state index contributed by atoms with van der Waals surface area (Å²) in [7, 11) is 3.33. The molecule has 0 unspecified atom stereocenters. The summed E-state index contributed by atoms with van der Waals surface area (Å²) in [5, 5.41) is 26.1. The molecule has 536 valence electrons. The van der Waals surface area contributed by atoms with Gasteiger partial charge in [-0.1, -0.05) is 256 Å². The zero-order valence-corrected chi connectivity index (χ0v) is 67.5. The van der Waals surface area contributed by atoms with E-state index in [4.69, 9.17) is 119 Å². The van der Waals surface area contributed by atoms with E-state index in [1.54, 1.807) is 32.4 Å². The first-order chi connectivity index (χ1) is 48.7. The molecule has 3 heterocycles. The van der Waals surface area contributed by atoms with Crippen molar-refractivity contribution in [2.24, 2.45) is 34.5 Å². The quantitative estimate of drug-likeness (QED) is 0.0256. The van der Waals surface area contributed by atoms with Crippen LogP contribution in [0.15, 0.2) is 194 Å². The number of aliphatic hydroxyl groups is 1. The van der Waals surface area contributed by atoms with Gasteiger partial charge in [0.1, 0.15) is 0 Å². The van der Waals surface area contributed by atoms with Crippen LogP contribution in [0.1, 0.15) is 103 Å². The van der Waals surface area contributed by atoms with Crippen molar-refractivity contribution in [1.29, 1.82) is 0 Å². The Labute approximate surface area is 675 Å². The van der Waals surface area contributed by atoms with Crippen LogP contribution in [-0.2, 0) is 39.9 Å². The van der Waals surface area contributed by atoms with Crippen LogP contribution in [0.25, 0.3) is 0 Å². The molecule has 11 nitrogen and oxygen atoms in total. The summed E-state index contributed by atoms with van der Waals surface area (Å²) in [6.45, 7) is 7.11. The standard InChI is InChI=1S/C28H24Cl3NO2.C26H28Cl3NO3.C23H22Cl3NO2.C3H7BrO.Na.H/c29-19-8-6-18(7-9-19)26-22(21-11-10-20(30)14-24(21)31)12-13-23-27(26)25(32-28(23)33)16-34-15-17-4-2-1-3-5-17;1-3-26-11-10-20(19-9-8-18(28)14-21(19)29)23(16-4-6-17(27)7-5-16)24(26)22(30-25(26)31)15-33-13-12-32-2;1-2-23-10-9-17(16-8-7-15(25)11-18(16)26)20(13-3-5-14(24)6-4-13)21(23)19(12-28)27-22(23)29;1-5-3-2-4;;/h1-14,22-23,25-27H,15-16H2,(H,32,33);4-11,14,20,22-24H,3,12-13,15H2,1-2H3,(H,30,31);3-11,17,19-21,28H,2,12H2,1H3,(H,27,29);2-3H2,1H3;;/q;;;;+1;-1/t22-,23+,25+,26-,27-;20-,22+,23-,24-,26+;17-,19+,20-,21-,23+;;;/m000.../s1. The van der Waals surface area contributed by atoms with Gasteiger partial charge in [-0.3, -0.25) is 14.4 Å². The smallest absolute Gasteiger partial charge is 1.00 e. The van der Waals surface area contributed by atoms with E-state index in [0.717, 1.165) is 50.9 Å². The Kier molecular flexibility index (Phi) is 30.8. The Morgan fingerprint density at radius 1 is 0.461 bits per heavy atom. The van der Waals surface area contributed by atoms with E-state index in [-0.39, 0.29) is 133 Å². The molecule has 0 saturated carbocycles. The van der Waals surface area contributed by atoms with Crippen LogP contribution in [-0.4, -0.2) is 100 Å². The third-order valence-electron chi connectivity index (χ3n) is 20.6. The minimum absolute atomic E-state index is 0. The number of allylic oxidation sites excluding steroid dienone is 3. The normalized spacial score (nSPS) is 27.0. The number of hydrogen-bond donors (Lipinski definition) is 4. The topological polar surface area (TPSA) is 144 Å². The number of hydrogen-bond acceptors (Lipinski definition) is 8. The predicted molar refractivity (Wildman–Crippen MR) is 415 cm³/mol. The average molecular weight is 1640 g/mol. The van der Waals surface area contributed by atoms with Crippen LogP contribution in [0.2, 0.25) is 45.2 Å². The molecule has 22 heteroatoms. The summed E-state index contributed by atoms with van der Waals surface area (Å²) in [5.41, 5.74) is 6.05. The van der Waals surface area contributed by atoms with Gasteiger partial charge < -0.3 is 41.4 Å². The van der Waals surface area contributed by atoms with Crippen molar-refractivity contribution in [3.63, 3.8) is 0 Å². The summed E-state index contributed by atoms with van der Waals surface area (Å²) in [5.74, 6) is -0.491. The number of aliphatic hydroxyl groups excluding tert-OH is 1. The first kappa shape index (κ1) is 82.1. The maximum Gasteiger partial charge on any atom is 1.00 e. The number of nitrogens with one attached hydrogen (secondary N) is 3. The fourth-order valence-corrected chi connectivity index (χ4v) is 18.3. The first-order valence-electron chi connectivity index (χ1n) is 33.7. The van der Waals surface area contributed by atoms with E-state index in [9.17, 15) is 19.5 Å². The summed E-state index contributed by atoms with van der Waals surface area (Å²) in [6, 6.07) is 49.7. The largest absolute Gasteiger partial charge is 1.00 e. The summed E-state index contributed by atoms with van der Waals surface area (Å²) >= 11 is 60.1. The van der Waals surface area contributed by atoms with Gasteiger partial charge in [0.05, 0.1) is 81.1 Å². The maximum atomic E-state index is 13.3. The molecule has 15 atom stereocenters. The van der Waals surface area contributed by atoms with Crippen LogP contribution >= 0.6 is 120 Å². The van der Waals surface area contributed by atoms with Gasteiger partial charge in [-0.25, -0.2) is 0 Å². The van der Waals surface area contributed by atoms with Crippen molar-refractivity contribution in [1.82, 2.24) is 16.0 Å². The van der Waals surface area contributed by atoms with Gasteiger partial charge in [-0.15, -0.1) is 0 Å². The molecule has 0 spiro atoms. The van der Waals surface area contributed by atoms with E-state index in [1.807, 2.05) is 146 Å². The van der Waals surface area contributed by atoms with Gasteiger partial charge in [0.25, 0.3) is 0 Å². The van der Waals surface area contributed by atoms with Crippen molar-refractivity contribution in [2.45, 2.75) is 86.9 Å². The molecule has 3 saturated heterocycles. The Hall–Kier alpha value is -3.94. The summed E-state index contributed by atoms with van der Waals surface area (Å²) < 4.78 is 21.7. The third kappa shape index (κ3) is 18.6. The van der Waals surface area contributed by atoms with Gasteiger partial charge in [-0.2, -0.15) is 0 Å². The van der Waals surface area contributed by atoms with Crippen LogP contribution in [0, 0.1) is 34.5 Å².